The monoisotopic (exact) mass is 88.1 g/mol. The minimum atomic E-state index is 0. The zero-order chi connectivity index (χ0) is 4.24. The van der Waals surface area contributed by atoms with Crippen LogP contribution >= 0.6 is 0 Å². The van der Waals surface area contributed by atoms with E-state index in [-0.39, 0.29) is 20.3 Å². The zero-order valence-corrected chi connectivity index (χ0v) is 4.72. The topological polar surface area (TPSA) is 0 Å². The summed E-state index contributed by atoms with van der Waals surface area (Å²) in [6.07, 6.45) is 11.0. The maximum Gasteiger partial charge on any atom is 1.00 e. The van der Waals surface area contributed by atoms with Gasteiger partial charge in [0, 0.05) is 0 Å². The zero-order valence-electron chi connectivity index (χ0n) is 5.72. The average Bonchev–Trinajstić information content (AvgIpc) is 1.72. The summed E-state index contributed by atoms with van der Waals surface area (Å²) >= 11 is 0. The molecule has 1 heteroatoms. The van der Waals surface area contributed by atoms with E-state index in [1.54, 1.807) is 0 Å². The Kier molecular flexibility index (Phi) is 4.29. The first-order valence-electron chi connectivity index (χ1n) is 2.32. The second kappa shape index (κ2) is 4.24. The van der Waals surface area contributed by atoms with Gasteiger partial charge in [0.2, 0.25) is 0 Å². The van der Waals surface area contributed by atoms with Crippen LogP contribution in [0.25, 0.3) is 0 Å². The molecule has 0 aromatic rings. The van der Waals surface area contributed by atoms with Gasteiger partial charge >= 0.3 is 18.9 Å². The van der Waals surface area contributed by atoms with Crippen molar-refractivity contribution in [3.63, 3.8) is 0 Å². The van der Waals surface area contributed by atoms with Gasteiger partial charge in [-0.25, -0.2) is 0 Å². The Labute approximate surface area is 58.0 Å². The molecule has 0 saturated carbocycles. The number of rotatable bonds is 0. The molecule has 0 aliphatic heterocycles. The van der Waals surface area contributed by atoms with Crippen molar-refractivity contribution in [3.8, 4) is 0 Å². The van der Waals surface area contributed by atoms with E-state index < -0.39 is 0 Å². The molecule has 1 aliphatic carbocycles. The summed E-state index contributed by atoms with van der Waals surface area (Å²) < 4.78 is 0. The Morgan fingerprint density at radius 3 is 1.57 bits per heavy atom. The van der Waals surface area contributed by atoms with E-state index in [0.717, 1.165) is 0 Å². The minimum absolute atomic E-state index is 0. The normalized spacial score (nSPS) is 16.0. The summed E-state index contributed by atoms with van der Waals surface area (Å²) in [7, 11) is 0. The van der Waals surface area contributed by atoms with Crippen LogP contribution in [0.4, 0.5) is 0 Å². The second-order valence-corrected chi connectivity index (χ2v) is 1.43. The smallest absolute Gasteiger partial charge is 1.00 e. The predicted molar refractivity (Wildman–Crippen MR) is 28.6 cm³/mol. The van der Waals surface area contributed by atoms with Crippen molar-refractivity contribution in [2.24, 2.45) is 0 Å². The first-order valence-corrected chi connectivity index (χ1v) is 2.32. The Morgan fingerprint density at radius 2 is 1.43 bits per heavy atom. The molecule has 0 spiro atoms. The van der Waals surface area contributed by atoms with E-state index in [1.807, 2.05) is 0 Å². The molecule has 34 valence electrons. The molecule has 0 nitrogen and oxygen atoms in total. The van der Waals surface area contributed by atoms with Crippen LogP contribution in [0.15, 0.2) is 24.3 Å². The molecule has 1 aliphatic rings. The van der Waals surface area contributed by atoms with E-state index in [4.69, 9.17) is 0 Å². The van der Waals surface area contributed by atoms with E-state index in [9.17, 15) is 0 Å². The molecule has 0 radical (unpaired) electrons. The Morgan fingerprint density at radius 1 is 1.00 bits per heavy atom. The molecule has 0 atom stereocenters. The van der Waals surface area contributed by atoms with Crippen LogP contribution < -0.4 is 18.9 Å². The first-order chi connectivity index (χ1) is 3.00. The van der Waals surface area contributed by atoms with Crippen molar-refractivity contribution in [2.75, 3.05) is 0 Å². The molecular weight excluding hydrogens is 79.0 g/mol. The molecule has 7 heavy (non-hydrogen) atoms. The maximum atomic E-state index is 2.18. The number of hydrogen-bond donors (Lipinski definition) is 0. The van der Waals surface area contributed by atoms with Crippen LogP contribution in [-0.4, -0.2) is 0 Å². The quantitative estimate of drug-likeness (QED) is 0.333. The van der Waals surface area contributed by atoms with Crippen molar-refractivity contribution in [1.29, 1.82) is 0 Å². The SMILES string of the molecule is C1=CCCC=C1.[H-].[Li+]. The van der Waals surface area contributed by atoms with Gasteiger partial charge in [0.25, 0.3) is 0 Å². The Balaban J connectivity index is 0. The summed E-state index contributed by atoms with van der Waals surface area (Å²) in [6.45, 7) is 0. The van der Waals surface area contributed by atoms with Gasteiger partial charge in [-0.15, -0.1) is 0 Å². The van der Waals surface area contributed by atoms with Crippen molar-refractivity contribution in [1.82, 2.24) is 0 Å². The molecule has 0 heterocycles. The van der Waals surface area contributed by atoms with Crippen LogP contribution in [0.5, 0.6) is 0 Å². The standard InChI is InChI=1S/C6H8.Li.H/c1-2-4-6-5-3-1;;/h1-4H,5-6H2;;/q;+1;-1. The van der Waals surface area contributed by atoms with Crippen molar-refractivity contribution >= 4 is 0 Å². The van der Waals surface area contributed by atoms with Crippen molar-refractivity contribution < 1.29 is 20.3 Å². The van der Waals surface area contributed by atoms with Crippen LogP contribution in [0.1, 0.15) is 14.3 Å². The van der Waals surface area contributed by atoms with Crippen LogP contribution in [-0.2, 0) is 0 Å². The third-order valence-electron chi connectivity index (χ3n) is 0.883. The van der Waals surface area contributed by atoms with E-state index in [2.05, 4.69) is 24.3 Å². The summed E-state index contributed by atoms with van der Waals surface area (Å²) in [4.78, 5) is 0. The molecule has 0 saturated heterocycles. The molecule has 0 amide bonds. The molecule has 0 N–H and O–H groups in total. The average molecular weight is 88.1 g/mol. The van der Waals surface area contributed by atoms with Gasteiger partial charge in [0.1, 0.15) is 0 Å². The van der Waals surface area contributed by atoms with Gasteiger partial charge in [-0.3, -0.25) is 0 Å². The van der Waals surface area contributed by atoms with Gasteiger partial charge in [-0.1, -0.05) is 24.3 Å². The number of hydrogen-bond acceptors (Lipinski definition) is 0. The van der Waals surface area contributed by atoms with Gasteiger partial charge in [-0.2, -0.15) is 0 Å². The molecule has 1 rings (SSSR count). The van der Waals surface area contributed by atoms with Crippen LogP contribution in [0.3, 0.4) is 0 Å². The van der Waals surface area contributed by atoms with Gasteiger partial charge in [-0.05, 0) is 12.8 Å². The Hall–Kier alpha value is 0.0774. The van der Waals surface area contributed by atoms with E-state index in [1.165, 1.54) is 12.8 Å². The van der Waals surface area contributed by atoms with Crippen LogP contribution in [0.2, 0.25) is 0 Å². The minimum Gasteiger partial charge on any atom is -1.00 e. The maximum absolute atomic E-state index is 2.18. The third-order valence-corrected chi connectivity index (χ3v) is 0.883. The Bertz CT molecular complexity index is 74.5. The predicted octanol–water partition coefficient (Wildman–Crippen LogP) is -0.991. The van der Waals surface area contributed by atoms with E-state index in [0.29, 0.717) is 0 Å². The second-order valence-electron chi connectivity index (χ2n) is 1.43. The fraction of sp³-hybridized carbons (Fsp3) is 0.333. The molecule has 0 aromatic carbocycles. The number of allylic oxidation sites excluding steroid dienone is 4. The van der Waals surface area contributed by atoms with Crippen molar-refractivity contribution in [2.45, 2.75) is 12.8 Å². The summed E-state index contributed by atoms with van der Waals surface area (Å²) in [5.41, 5.74) is 0. The summed E-state index contributed by atoms with van der Waals surface area (Å²) in [5.74, 6) is 0. The van der Waals surface area contributed by atoms with Crippen molar-refractivity contribution in [3.05, 3.63) is 24.3 Å². The summed E-state index contributed by atoms with van der Waals surface area (Å²) in [6, 6.07) is 0. The fourth-order valence-corrected chi connectivity index (χ4v) is 0.542. The van der Waals surface area contributed by atoms with Crippen LogP contribution in [0, 0.1) is 0 Å². The largest absolute Gasteiger partial charge is 1.00 e. The summed E-state index contributed by atoms with van der Waals surface area (Å²) in [5, 5.41) is 0. The molecule has 0 aromatic heterocycles. The fourth-order valence-electron chi connectivity index (χ4n) is 0.542. The molecule has 0 fully saturated rings. The van der Waals surface area contributed by atoms with Gasteiger partial charge < -0.3 is 1.43 Å². The van der Waals surface area contributed by atoms with E-state index >= 15 is 0 Å². The third kappa shape index (κ3) is 2.74. The van der Waals surface area contributed by atoms with Gasteiger partial charge in [0.15, 0.2) is 0 Å². The molecule has 0 unspecified atom stereocenters. The first kappa shape index (κ1) is 7.08. The molecule has 0 bridgehead atoms. The molecular formula is C6H9Li. The van der Waals surface area contributed by atoms with Gasteiger partial charge in [0.05, 0.1) is 0 Å².